The molecule has 5 rings (SSSR count). The normalized spacial score (nSPS) is 14.1. The molecule has 50 heavy (non-hydrogen) atoms. The molecule has 0 bridgehead atoms. The number of hydrogen-bond donors (Lipinski definition) is 3. The Labute approximate surface area is 292 Å². The second-order valence-corrected chi connectivity index (χ2v) is 13.1. The van der Waals surface area contributed by atoms with Gasteiger partial charge in [0.1, 0.15) is 28.6 Å². The fourth-order valence-electron chi connectivity index (χ4n) is 6.46. The average molecular weight is 681 g/mol. The number of methoxy groups -OCH3 is 1. The highest BCUT2D eigenvalue weighted by atomic mass is 16.5. The monoisotopic (exact) mass is 680 g/mol. The van der Waals surface area contributed by atoms with Crippen molar-refractivity contribution in [2.24, 2.45) is 11.8 Å². The van der Waals surface area contributed by atoms with Crippen molar-refractivity contribution in [2.45, 2.75) is 52.0 Å². The van der Waals surface area contributed by atoms with Crippen LogP contribution in [-0.4, -0.2) is 70.4 Å². The number of amides is 1. The summed E-state index contributed by atoms with van der Waals surface area (Å²) in [6.45, 7) is 4.89. The van der Waals surface area contributed by atoms with Crippen molar-refractivity contribution in [3.63, 3.8) is 0 Å². The van der Waals surface area contributed by atoms with E-state index in [2.05, 4.69) is 4.98 Å². The second kappa shape index (κ2) is 15.3. The van der Waals surface area contributed by atoms with Crippen LogP contribution < -0.4 is 14.4 Å². The maximum atomic E-state index is 14.5. The van der Waals surface area contributed by atoms with Crippen molar-refractivity contribution >= 4 is 23.5 Å². The summed E-state index contributed by atoms with van der Waals surface area (Å²) >= 11 is 0. The van der Waals surface area contributed by atoms with Gasteiger partial charge >= 0.3 is 5.97 Å². The minimum absolute atomic E-state index is 0.0712. The van der Waals surface area contributed by atoms with Crippen LogP contribution in [-0.2, 0) is 4.79 Å². The molecular weight excluding hydrogens is 636 g/mol. The highest BCUT2D eigenvalue weighted by Crippen LogP contribution is 2.47. The molecule has 10 heteroatoms. The lowest BCUT2D eigenvalue weighted by Crippen LogP contribution is -2.60. The van der Waals surface area contributed by atoms with Crippen molar-refractivity contribution in [3.8, 4) is 22.6 Å². The smallest absolute Gasteiger partial charge is 0.343 e. The topological polar surface area (TPSA) is 146 Å². The molecule has 1 aromatic heterocycles. The number of aryl methyl sites for hydroxylation is 2. The maximum absolute atomic E-state index is 14.5. The molecule has 0 aliphatic heterocycles. The number of ketones is 1. The zero-order chi connectivity index (χ0) is 36.2. The zero-order valence-electron chi connectivity index (χ0n) is 29.1. The molecule has 1 saturated carbocycles. The third-order valence-corrected chi connectivity index (χ3v) is 9.64. The highest BCUT2D eigenvalue weighted by molar-refractivity contribution is 6.11. The van der Waals surface area contributed by atoms with E-state index in [-0.39, 0.29) is 29.0 Å². The molecule has 4 aromatic rings. The molecule has 1 aliphatic carbocycles. The van der Waals surface area contributed by atoms with Gasteiger partial charge in [-0.05, 0) is 116 Å². The van der Waals surface area contributed by atoms with Gasteiger partial charge in [0.2, 0.25) is 0 Å². The lowest BCUT2D eigenvalue weighted by molar-refractivity contribution is -0.121. The lowest BCUT2D eigenvalue weighted by Gasteiger charge is -2.39. The first-order valence-electron chi connectivity index (χ1n) is 16.7. The minimum atomic E-state index is -1.77. The van der Waals surface area contributed by atoms with Gasteiger partial charge in [-0.3, -0.25) is 14.5 Å². The van der Waals surface area contributed by atoms with Crippen LogP contribution in [0.25, 0.3) is 11.1 Å². The number of carbonyl (C=O) groups is 3. The number of esters is 1. The van der Waals surface area contributed by atoms with Crippen LogP contribution in [0.5, 0.6) is 11.5 Å². The number of aromatic nitrogens is 1. The van der Waals surface area contributed by atoms with Crippen LogP contribution in [0.1, 0.15) is 70.1 Å². The average Bonchev–Trinajstić information content (AvgIpc) is 3.95. The molecule has 3 N–H and O–H groups in total. The van der Waals surface area contributed by atoms with Crippen LogP contribution in [0.2, 0.25) is 0 Å². The Morgan fingerprint density at radius 2 is 1.56 bits per heavy atom. The number of benzene rings is 3. The first kappa shape index (κ1) is 36.4. The van der Waals surface area contributed by atoms with Gasteiger partial charge < -0.3 is 24.8 Å². The standard InChI is InChI=1S/C40H44N2O8/c1-24-18-29(14-16-33(24)39(48)50-32-10-7-9-30(19-32)37(28-12-13-28)26(3)27(4)46)35-20-31(49-5)15-17-34(35)38(47)42(40(21-43,22-44)23-45)36-11-6-8-25(2)41-36/h6-11,14-20,26,28,37,43-45H,12-13,21-23H2,1-5H3/t26-,37+/m1/s1. The SMILES string of the molecule is COc1ccc(C(=O)N(c2cccc(C)n2)C(CO)(CO)CO)c(-c2ccc(C(=O)Oc3cccc([C@H](C4CC4)[C@H](C)C(C)=O)c3)c(C)c2)c1. The molecule has 0 radical (unpaired) electrons. The molecular formula is C40H44N2O8. The number of nitrogens with zero attached hydrogens (tertiary/aromatic N) is 2. The first-order chi connectivity index (χ1) is 24.0. The molecule has 10 nitrogen and oxygen atoms in total. The van der Waals surface area contributed by atoms with Crippen molar-refractivity contribution in [3.05, 3.63) is 107 Å². The Morgan fingerprint density at radius 3 is 2.16 bits per heavy atom. The number of rotatable bonds is 14. The summed E-state index contributed by atoms with van der Waals surface area (Å²) in [5.41, 5.74) is 1.96. The fourth-order valence-corrected chi connectivity index (χ4v) is 6.46. The van der Waals surface area contributed by atoms with Gasteiger partial charge in [0.05, 0.1) is 32.5 Å². The molecule has 1 heterocycles. The van der Waals surface area contributed by atoms with E-state index in [1.54, 1.807) is 81.4 Å². The number of aliphatic hydroxyl groups excluding tert-OH is 3. The van der Waals surface area contributed by atoms with E-state index in [1.807, 2.05) is 25.1 Å². The van der Waals surface area contributed by atoms with Crippen molar-refractivity contribution < 1.29 is 39.2 Å². The van der Waals surface area contributed by atoms with Crippen molar-refractivity contribution in [1.29, 1.82) is 0 Å². The molecule has 1 aliphatic rings. The lowest BCUT2D eigenvalue weighted by atomic mass is 9.81. The summed E-state index contributed by atoms with van der Waals surface area (Å²) in [5.74, 6) is 0.346. The van der Waals surface area contributed by atoms with E-state index in [0.717, 1.165) is 23.3 Å². The number of anilines is 1. The maximum Gasteiger partial charge on any atom is 0.343 e. The number of ether oxygens (including phenoxy) is 2. The van der Waals surface area contributed by atoms with Crippen LogP contribution >= 0.6 is 0 Å². The Morgan fingerprint density at radius 1 is 0.880 bits per heavy atom. The largest absolute Gasteiger partial charge is 0.497 e. The van der Waals surface area contributed by atoms with E-state index >= 15 is 0 Å². The van der Waals surface area contributed by atoms with Crippen molar-refractivity contribution in [2.75, 3.05) is 31.8 Å². The van der Waals surface area contributed by atoms with E-state index in [1.165, 1.54) is 7.11 Å². The molecule has 0 unspecified atom stereocenters. The van der Waals surface area contributed by atoms with Crippen LogP contribution in [0.3, 0.4) is 0 Å². The minimum Gasteiger partial charge on any atom is -0.497 e. The number of carbonyl (C=O) groups excluding carboxylic acids is 3. The van der Waals surface area contributed by atoms with Gasteiger partial charge in [-0.2, -0.15) is 0 Å². The van der Waals surface area contributed by atoms with Crippen molar-refractivity contribution in [1.82, 2.24) is 4.98 Å². The van der Waals surface area contributed by atoms with Gasteiger partial charge in [0.15, 0.2) is 0 Å². The van der Waals surface area contributed by atoms with Gasteiger partial charge in [0, 0.05) is 17.2 Å². The summed E-state index contributed by atoms with van der Waals surface area (Å²) in [7, 11) is 1.50. The molecule has 3 aromatic carbocycles. The Balaban J connectivity index is 1.49. The second-order valence-electron chi connectivity index (χ2n) is 13.1. The fraction of sp³-hybridized carbons (Fsp3) is 0.350. The Bertz CT molecular complexity index is 1870. The van der Waals surface area contributed by atoms with Gasteiger partial charge in [-0.1, -0.05) is 37.3 Å². The molecule has 1 fully saturated rings. The molecule has 0 spiro atoms. The summed E-state index contributed by atoms with van der Waals surface area (Å²) in [5, 5.41) is 31.1. The third kappa shape index (κ3) is 7.47. The van der Waals surface area contributed by atoms with Crippen LogP contribution in [0.4, 0.5) is 5.82 Å². The number of aliphatic hydroxyl groups is 3. The quantitative estimate of drug-likeness (QED) is 0.113. The summed E-state index contributed by atoms with van der Waals surface area (Å²) < 4.78 is 11.3. The molecule has 0 saturated heterocycles. The molecule has 1 amide bonds. The predicted octanol–water partition coefficient (Wildman–Crippen LogP) is 5.67. The van der Waals surface area contributed by atoms with Gasteiger partial charge in [-0.25, -0.2) is 9.78 Å². The summed E-state index contributed by atoms with van der Waals surface area (Å²) in [4.78, 5) is 45.8. The first-order valence-corrected chi connectivity index (χ1v) is 16.7. The molecule has 2 atom stereocenters. The summed E-state index contributed by atoms with van der Waals surface area (Å²) in [6.07, 6.45) is 2.15. The zero-order valence-corrected chi connectivity index (χ0v) is 29.1. The molecule has 262 valence electrons. The Kier molecular flexibility index (Phi) is 11.2. The van der Waals surface area contributed by atoms with E-state index in [9.17, 15) is 29.7 Å². The van der Waals surface area contributed by atoms with E-state index in [4.69, 9.17) is 9.47 Å². The van der Waals surface area contributed by atoms with E-state index in [0.29, 0.717) is 45.4 Å². The summed E-state index contributed by atoms with van der Waals surface area (Å²) in [6, 6.07) is 22.4. The Hall–Kier alpha value is -4.90. The van der Waals surface area contributed by atoms with E-state index < -0.39 is 37.2 Å². The highest BCUT2D eigenvalue weighted by Gasteiger charge is 2.42. The van der Waals surface area contributed by atoms with Crippen LogP contribution in [0, 0.1) is 25.7 Å². The predicted molar refractivity (Wildman–Crippen MR) is 190 cm³/mol. The van der Waals surface area contributed by atoms with Gasteiger partial charge in [0.25, 0.3) is 5.91 Å². The number of pyridine rings is 1. The number of Topliss-reactive ketones (excluding diaryl/α,β-unsaturated/α-hetero) is 1. The van der Waals surface area contributed by atoms with Crippen LogP contribution in [0.15, 0.2) is 78.9 Å². The number of hydrogen-bond acceptors (Lipinski definition) is 9. The third-order valence-electron chi connectivity index (χ3n) is 9.64. The van der Waals surface area contributed by atoms with Gasteiger partial charge in [-0.15, -0.1) is 0 Å².